The standard InChI is InChI=1S/C14H17FN2O3/c1-14(2)12(18)17(13(19)16(14)3)8-9-20-11-6-4-10(15)5-7-11/h4-7H,8-9H2,1-3H3. The second-order valence-electron chi connectivity index (χ2n) is 5.16. The number of urea groups is 1. The van der Waals surface area contributed by atoms with E-state index in [1.54, 1.807) is 20.9 Å². The van der Waals surface area contributed by atoms with E-state index in [9.17, 15) is 14.0 Å². The maximum Gasteiger partial charge on any atom is 0.327 e. The van der Waals surface area contributed by atoms with Crippen LogP contribution in [0.2, 0.25) is 0 Å². The monoisotopic (exact) mass is 280 g/mol. The Morgan fingerprint density at radius 3 is 2.30 bits per heavy atom. The Hall–Kier alpha value is -2.11. The summed E-state index contributed by atoms with van der Waals surface area (Å²) in [4.78, 5) is 26.6. The van der Waals surface area contributed by atoms with Gasteiger partial charge in [-0.15, -0.1) is 0 Å². The summed E-state index contributed by atoms with van der Waals surface area (Å²) in [5.41, 5.74) is -0.826. The predicted molar refractivity (Wildman–Crippen MR) is 70.8 cm³/mol. The molecule has 3 amide bonds. The van der Waals surface area contributed by atoms with Crippen molar-refractivity contribution in [1.29, 1.82) is 0 Å². The number of likely N-dealkylation sites (N-methyl/N-ethyl adjacent to an activating group) is 1. The number of ether oxygens (including phenoxy) is 1. The normalized spacial score (nSPS) is 17.8. The summed E-state index contributed by atoms with van der Waals surface area (Å²) in [6, 6.07) is 5.25. The van der Waals surface area contributed by atoms with Crippen LogP contribution in [0.5, 0.6) is 5.75 Å². The molecule has 0 N–H and O–H groups in total. The van der Waals surface area contributed by atoms with E-state index in [0.717, 1.165) is 0 Å². The molecule has 2 rings (SSSR count). The van der Waals surface area contributed by atoms with Gasteiger partial charge in [0.1, 0.15) is 23.7 Å². The fourth-order valence-corrected chi connectivity index (χ4v) is 1.96. The van der Waals surface area contributed by atoms with E-state index in [1.165, 1.54) is 34.1 Å². The van der Waals surface area contributed by atoms with Gasteiger partial charge in [-0.25, -0.2) is 9.18 Å². The van der Waals surface area contributed by atoms with Crippen LogP contribution < -0.4 is 4.74 Å². The number of carbonyl (C=O) groups is 2. The summed E-state index contributed by atoms with van der Waals surface area (Å²) in [5, 5.41) is 0. The van der Waals surface area contributed by atoms with Crippen molar-refractivity contribution in [1.82, 2.24) is 9.80 Å². The van der Waals surface area contributed by atoms with Crippen molar-refractivity contribution in [2.24, 2.45) is 0 Å². The summed E-state index contributed by atoms with van der Waals surface area (Å²) < 4.78 is 18.1. The third-order valence-electron chi connectivity index (χ3n) is 3.52. The number of imide groups is 1. The quantitative estimate of drug-likeness (QED) is 0.791. The van der Waals surface area contributed by atoms with E-state index in [2.05, 4.69) is 0 Å². The Kier molecular flexibility index (Phi) is 3.65. The molecule has 1 aliphatic rings. The Morgan fingerprint density at radius 2 is 1.80 bits per heavy atom. The number of amides is 3. The average molecular weight is 280 g/mol. The Labute approximate surface area is 116 Å². The molecule has 20 heavy (non-hydrogen) atoms. The molecule has 108 valence electrons. The number of benzene rings is 1. The van der Waals surface area contributed by atoms with Crippen LogP contribution in [0.1, 0.15) is 13.8 Å². The van der Waals surface area contributed by atoms with Gasteiger partial charge in [0.2, 0.25) is 0 Å². The van der Waals surface area contributed by atoms with E-state index < -0.39 is 5.54 Å². The molecule has 0 aromatic heterocycles. The van der Waals surface area contributed by atoms with Crippen molar-refractivity contribution in [3.8, 4) is 5.75 Å². The lowest BCUT2D eigenvalue weighted by molar-refractivity contribution is -0.131. The summed E-state index contributed by atoms with van der Waals surface area (Å²) in [6.45, 7) is 3.75. The molecule has 6 heteroatoms. The molecule has 1 saturated heterocycles. The zero-order valence-electron chi connectivity index (χ0n) is 11.7. The number of hydrogen-bond donors (Lipinski definition) is 0. The molecule has 0 aliphatic carbocycles. The van der Waals surface area contributed by atoms with Gasteiger partial charge in [0.25, 0.3) is 5.91 Å². The van der Waals surface area contributed by atoms with E-state index in [-0.39, 0.29) is 30.9 Å². The predicted octanol–water partition coefficient (Wildman–Crippen LogP) is 1.88. The topological polar surface area (TPSA) is 49.9 Å². The minimum absolute atomic E-state index is 0.169. The Balaban J connectivity index is 1.93. The van der Waals surface area contributed by atoms with Gasteiger partial charge in [-0.3, -0.25) is 9.69 Å². The van der Waals surface area contributed by atoms with Crippen LogP contribution in [0.3, 0.4) is 0 Å². The average Bonchev–Trinajstić information content (AvgIpc) is 2.55. The maximum atomic E-state index is 12.7. The molecule has 1 aromatic carbocycles. The molecular weight excluding hydrogens is 263 g/mol. The molecule has 0 bridgehead atoms. The maximum absolute atomic E-state index is 12.7. The molecule has 0 radical (unpaired) electrons. The zero-order valence-corrected chi connectivity index (χ0v) is 11.7. The molecule has 0 atom stereocenters. The Bertz CT molecular complexity index is 528. The fraction of sp³-hybridized carbons (Fsp3) is 0.429. The SMILES string of the molecule is CN1C(=O)N(CCOc2ccc(F)cc2)C(=O)C1(C)C. The zero-order chi connectivity index (χ0) is 14.9. The highest BCUT2D eigenvalue weighted by Gasteiger charge is 2.48. The third kappa shape index (κ3) is 2.45. The number of halogens is 1. The smallest absolute Gasteiger partial charge is 0.327 e. The lowest BCUT2D eigenvalue weighted by Gasteiger charge is -2.22. The van der Waals surface area contributed by atoms with Crippen molar-refractivity contribution in [2.45, 2.75) is 19.4 Å². The van der Waals surface area contributed by atoms with Gasteiger partial charge in [-0.05, 0) is 38.1 Å². The van der Waals surface area contributed by atoms with E-state index in [4.69, 9.17) is 4.74 Å². The summed E-state index contributed by atoms with van der Waals surface area (Å²) in [5.74, 6) is -0.0866. The minimum atomic E-state index is -0.826. The van der Waals surface area contributed by atoms with Crippen LogP contribution in [-0.4, -0.2) is 47.5 Å². The first-order chi connectivity index (χ1) is 9.34. The molecule has 1 heterocycles. The van der Waals surface area contributed by atoms with Crippen LogP contribution in [0.4, 0.5) is 9.18 Å². The van der Waals surface area contributed by atoms with Crippen molar-refractivity contribution in [3.05, 3.63) is 30.1 Å². The van der Waals surface area contributed by atoms with Crippen LogP contribution in [0.25, 0.3) is 0 Å². The van der Waals surface area contributed by atoms with Crippen LogP contribution >= 0.6 is 0 Å². The lowest BCUT2D eigenvalue weighted by Crippen LogP contribution is -2.41. The second kappa shape index (κ2) is 5.11. The highest BCUT2D eigenvalue weighted by molar-refractivity contribution is 6.06. The highest BCUT2D eigenvalue weighted by atomic mass is 19.1. The Morgan fingerprint density at radius 1 is 1.20 bits per heavy atom. The molecule has 1 fully saturated rings. The van der Waals surface area contributed by atoms with E-state index >= 15 is 0 Å². The minimum Gasteiger partial charge on any atom is -0.492 e. The van der Waals surface area contributed by atoms with Gasteiger partial charge >= 0.3 is 6.03 Å². The fourth-order valence-electron chi connectivity index (χ4n) is 1.96. The molecule has 1 aliphatic heterocycles. The van der Waals surface area contributed by atoms with Crippen LogP contribution in [0.15, 0.2) is 24.3 Å². The van der Waals surface area contributed by atoms with Gasteiger partial charge in [-0.1, -0.05) is 0 Å². The number of carbonyl (C=O) groups excluding carboxylic acids is 2. The van der Waals surface area contributed by atoms with Crippen molar-refractivity contribution in [2.75, 3.05) is 20.2 Å². The van der Waals surface area contributed by atoms with Gasteiger partial charge in [0, 0.05) is 7.05 Å². The number of rotatable bonds is 4. The van der Waals surface area contributed by atoms with Gasteiger partial charge in [-0.2, -0.15) is 0 Å². The van der Waals surface area contributed by atoms with Gasteiger partial charge in [0.05, 0.1) is 6.54 Å². The van der Waals surface area contributed by atoms with E-state index in [0.29, 0.717) is 5.75 Å². The molecule has 0 spiro atoms. The van der Waals surface area contributed by atoms with E-state index in [1.807, 2.05) is 0 Å². The molecular formula is C14H17FN2O3. The van der Waals surface area contributed by atoms with Gasteiger partial charge in [0.15, 0.2) is 0 Å². The summed E-state index contributed by atoms with van der Waals surface area (Å²) >= 11 is 0. The molecule has 1 aromatic rings. The molecule has 0 unspecified atom stereocenters. The summed E-state index contributed by atoms with van der Waals surface area (Å²) in [6.07, 6.45) is 0. The molecule has 0 saturated carbocycles. The first-order valence-corrected chi connectivity index (χ1v) is 6.32. The third-order valence-corrected chi connectivity index (χ3v) is 3.52. The van der Waals surface area contributed by atoms with Crippen LogP contribution in [-0.2, 0) is 4.79 Å². The highest BCUT2D eigenvalue weighted by Crippen LogP contribution is 2.25. The van der Waals surface area contributed by atoms with Crippen molar-refractivity contribution >= 4 is 11.9 Å². The number of nitrogens with zero attached hydrogens (tertiary/aromatic N) is 2. The molecule has 5 nitrogen and oxygen atoms in total. The largest absolute Gasteiger partial charge is 0.492 e. The lowest BCUT2D eigenvalue weighted by atomic mass is 10.1. The second-order valence-corrected chi connectivity index (χ2v) is 5.16. The van der Waals surface area contributed by atoms with Crippen LogP contribution in [0, 0.1) is 5.82 Å². The first-order valence-electron chi connectivity index (χ1n) is 6.32. The summed E-state index contributed by atoms with van der Waals surface area (Å²) in [7, 11) is 1.60. The van der Waals surface area contributed by atoms with Crippen molar-refractivity contribution in [3.63, 3.8) is 0 Å². The first kappa shape index (κ1) is 14.3. The number of hydrogen-bond acceptors (Lipinski definition) is 3. The van der Waals surface area contributed by atoms with Gasteiger partial charge < -0.3 is 9.64 Å². The van der Waals surface area contributed by atoms with Crippen molar-refractivity contribution < 1.29 is 18.7 Å².